The van der Waals surface area contributed by atoms with Crippen LogP contribution in [0.1, 0.15) is 15.9 Å². The normalized spacial score (nSPS) is 10.1. The van der Waals surface area contributed by atoms with E-state index in [4.69, 9.17) is 5.73 Å². The minimum Gasteiger partial charge on any atom is -0.368 e. The van der Waals surface area contributed by atoms with Gasteiger partial charge in [-0.25, -0.2) is 4.39 Å². The summed E-state index contributed by atoms with van der Waals surface area (Å²) in [6, 6.07) is 1.86. The molecule has 1 rings (SSSR count). The number of nitro groups is 1. The van der Waals surface area contributed by atoms with Crippen LogP contribution in [0.3, 0.4) is 0 Å². The number of rotatable bonds is 4. The number of benzene rings is 1. The summed E-state index contributed by atoms with van der Waals surface area (Å²) in [6.45, 7) is 0.910. The first-order chi connectivity index (χ1) is 8.73. The van der Waals surface area contributed by atoms with Crippen LogP contribution >= 0.6 is 0 Å². The smallest absolute Gasteiger partial charge is 0.270 e. The number of carbonyl (C=O) groups is 2. The Hall–Kier alpha value is -2.51. The fraction of sp³-hybridized carbons (Fsp3) is 0.273. The summed E-state index contributed by atoms with van der Waals surface area (Å²) < 4.78 is 13.8. The van der Waals surface area contributed by atoms with Gasteiger partial charge < -0.3 is 10.6 Å². The zero-order valence-corrected chi connectivity index (χ0v) is 10.3. The van der Waals surface area contributed by atoms with Gasteiger partial charge in [0.05, 0.1) is 17.0 Å². The molecule has 7 nitrogen and oxygen atoms in total. The number of nitro benzene ring substituents is 1. The molecule has 0 unspecified atom stereocenters. The van der Waals surface area contributed by atoms with Gasteiger partial charge in [0, 0.05) is 19.2 Å². The molecule has 8 heteroatoms. The molecule has 0 aromatic heterocycles. The van der Waals surface area contributed by atoms with Gasteiger partial charge >= 0.3 is 0 Å². The van der Waals surface area contributed by atoms with Crippen LogP contribution in [0.15, 0.2) is 12.1 Å². The second-order valence-corrected chi connectivity index (χ2v) is 4.01. The molecular formula is C11H12FN3O4. The Morgan fingerprint density at radius 3 is 2.53 bits per heavy atom. The van der Waals surface area contributed by atoms with Crippen molar-refractivity contribution in [3.8, 4) is 0 Å². The molecule has 0 spiro atoms. The Labute approximate surface area is 107 Å². The van der Waals surface area contributed by atoms with Crippen LogP contribution in [0.25, 0.3) is 0 Å². The quantitative estimate of drug-likeness (QED) is 0.637. The summed E-state index contributed by atoms with van der Waals surface area (Å²) in [6.07, 6.45) is 0. The van der Waals surface area contributed by atoms with E-state index >= 15 is 0 Å². The van der Waals surface area contributed by atoms with Crippen molar-refractivity contribution in [2.45, 2.75) is 6.92 Å². The van der Waals surface area contributed by atoms with Crippen LogP contribution in [-0.2, 0) is 4.79 Å². The highest BCUT2D eigenvalue weighted by molar-refractivity contribution is 5.97. The van der Waals surface area contributed by atoms with Crippen LogP contribution in [0.4, 0.5) is 10.1 Å². The molecule has 0 bridgehead atoms. The van der Waals surface area contributed by atoms with E-state index in [1.807, 2.05) is 0 Å². The molecule has 0 fully saturated rings. The van der Waals surface area contributed by atoms with Gasteiger partial charge in [-0.15, -0.1) is 0 Å². The number of amides is 2. The van der Waals surface area contributed by atoms with Gasteiger partial charge in [-0.2, -0.15) is 0 Å². The Morgan fingerprint density at radius 2 is 2.05 bits per heavy atom. The number of carbonyl (C=O) groups excluding carboxylic acids is 2. The number of nitrogens with two attached hydrogens (primary N) is 1. The summed E-state index contributed by atoms with van der Waals surface area (Å²) >= 11 is 0. The first kappa shape index (κ1) is 14.6. The van der Waals surface area contributed by atoms with E-state index in [-0.39, 0.29) is 5.56 Å². The summed E-state index contributed by atoms with van der Waals surface area (Å²) in [5.74, 6) is -2.46. The van der Waals surface area contributed by atoms with Crippen molar-refractivity contribution in [3.05, 3.63) is 39.2 Å². The summed E-state index contributed by atoms with van der Waals surface area (Å²) in [7, 11) is 1.25. The average molecular weight is 269 g/mol. The first-order valence-electron chi connectivity index (χ1n) is 5.22. The Kier molecular flexibility index (Phi) is 4.15. The SMILES string of the molecule is Cc1cc([N+](=O)[O-])cc(C(=O)N(C)CC(N)=O)c1F. The highest BCUT2D eigenvalue weighted by atomic mass is 19.1. The molecule has 1 aromatic rings. The predicted molar refractivity (Wildman–Crippen MR) is 63.9 cm³/mol. The molecule has 2 amide bonds. The molecule has 0 heterocycles. The number of aryl methyl sites for hydroxylation is 1. The minimum absolute atomic E-state index is 0.0231. The number of primary amides is 1. The summed E-state index contributed by atoms with van der Waals surface area (Å²) in [5, 5.41) is 10.7. The van der Waals surface area contributed by atoms with Gasteiger partial charge in [0.2, 0.25) is 5.91 Å². The highest BCUT2D eigenvalue weighted by Crippen LogP contribution is 2.22. The lowest BCUT2D eigenvalue weighted by molar-refractivity contribution is -0.385. The number of likely N-dealkylation sites (N-methyl/N-ethyl adjacent to an activating group) is 1. The standard InChI is InChI=1S/C11H12FN3O4/c1-6-3-7(15(18)19)4-8(10(6)12)11(17)14(2)5-9(13)16/h3-4H,5H2,1-2H3,(H2,13,16). The van der Waals surface area contributed by atoms with E-state index in [9.17, 15) is 24.1 Å². The van der Waals surface area contributed by atoms with Gasteiger partial charge in [-0.1, -0.05) is 0 Å². The fourth-order valence-electron chi connectivity index (χ4n) is 1.52. The molecule has 0 radical (unpaired) electrons. The number of hydrogen-bond donors (Lipinski definition) is 1. The number of halogens is 1. The third kappa shape index (κ3) is 3.24. The Balaban J connectivity index is 3.22. The average Bonchev–Trinajstić information content (AvgIpc) is 2.30. The van der Waals surface area contributed by atoms with Gasteiger partial charge in [-0.05, 0) is 12.5 Å². The van der Waals surface area contributed by atoms with E-state index in [2.05, 4.69) is 0 Å². The topological polar surface area (TPSA) is 107 Å². The molecule has 0 aliphatic heterocycles. The van der Waals surface area contributed by atoms with Crippen molar-refractivity contribution in [3.63, 3.8) is 0 Å². The molecule has 0 atom stereocenters. The van der Waals surface area contributed by atoms with Crippen LogP contribution < -0.4 is 5.73 Å². The molecule has 19 heavy (non-hydrogen) atoms. The lowest BCUT2D eigenvalue weighted by Gasteiger charge is -2.15. The maximum absolute atomic E-state index is 13.8. The van der Waals surface area contributed by atoms with Crippen molar-refractivity contribution in [1.82, 2.24) is 4.90 Å². The minimum atomic E-state index is -0.855. The van der Waals surface area contributed by atoms with E-state index in [1.54, 1.807) is 0 Å². The second kappa shape index (κ2) is 5.42. The van der Waals surface area contributed by atoms with Gasteiger partial charge in [-0.3, -0.25) is 19.7 Å². The zero-order chi connectivity index (χ0) is 14.7. The van der Waals surface area contributed by atoms with Crippen molar-refractivity contribution in [2.75, 3.05) is 13.6 Å². The number of nitrogens with zero attached hydrogens (tertiary/aromatic N) is 2. The van der Waals surface area contributed by atoms with Crippen molar-refractivity contribution < 1.29 is 18.9 Å². The van der Waals surface area contributed by atoms with E-state index < -0.39 is 40.4 Å². The second-order valence-electron chi connectivity index (χ2n) is 4.01. The molecular weight excluding hydrogens is 257 g/mol. The third-order valence-corrected chi connectivity index (χ3v) is 2.42. The van der Waals surface area contributed by atoms with Gasteiger partial charge in [0.25, 0.3) is 11.6 Å². The predicted octanol–water partition coefficient (Wildman–Crippen LogP) is 0.600. The molecule has 102 valence electrons. The third-order valence-electron chi connectivity index (χ3n) is 2.42. The first-order valence-corrected chi connectivity index (χ1v) is 5.22. The molecule has 0 aliphatic rings. The van der Waals surface area contributed by atoms with Crippen molar-refractivity contribution in [1.29, 1.82) is 0 Å². The fourth-order valence-corrected chi connectivity index (χ4v) is 1.52. The Morgan fingerprint density at radius 1 is 1.47 bits per heavy atom. The molecule has 2 N–H and O–H groups in total. The van der Waals surface area contributed by atoms with Crippen LogP contribution in [0.5, 0.6) is 0 Å². The molecule has 1 aromatic carbocycles. The van der Waals surface area contributed by atoms with E-state index in [0.717, 1.165) is 17.0 Å². The van der Waals surface area contributed by atoms with Gasteiger partial charge in [0.15, 0.2) is 0 Å². The van der Waals surface area contributed by atoms with E-state index in [1.165, 1.54) is 14.0 Å². The highest BCUT2D eigenvalue weighted by Gasteiger charge is 2.22. The number of hydrogen-bond acceptors (Lipinski definition) is 4. The van der Waals surface area contributed by atoms with Gasteiger partial charge in [0.1, 0.15) is 5.82 Å². The molecule has 0 aliphatic carbocycles. The Bertz CT molecular complexity index is 559. The van der Waals surface area contributed by atoms with Crippen LogP contribution in [0, 0.1) is 22.9 Å². The lowest BCUT2D eigenvalue weighted by atomic mass is 10.1. The maximum atomic E-state index is 13.8. The van der Waals surface area contributed by atoms with Crippen molar-refractivity contribution in [2.24, 2.45) is 5.73 Å². The largest absolute Gasteiger partial charge is 0.368 e. The molecule has 0 saturated carbocycles. The monoisotopic (exact) mass is 269 g/mol. The lowest BCUT2D eigenvalue weighted by Crippen LogP contribution is -2.35. The van der Waals surface area contributed by atoms with Crippen LogP contribution in [-0.4, -0.2) is 35.2 Å². The van der Waals surface area contributed by atoms with E-state index in [0.29, 0.717) is 0 Å². The summed E-state index contributed by atoms with van der Waals surface area (Å²) in [4.78, 5) is 33.4. The van der Waals surface area contributed by atoms with Crippen molar-refractivity contribution >= 4 is 17.5 Å². The zero-order valence-electron chi connectivity index (χ0n) is 10.3. The maximum Gasteiger partial charge on any atom is 0.270 e. The number of non-ortho nitro benzene ring substituents is 1. The summed E-state index contributed by atoms with van der Waals surface area (Å²) in [5.41, 5.74) is 4.04. The van der Waals surface area contributed by atoms with Crippen LogP contribution in [0.2, 0.25) is 0 Å². The molecule has 0 saturated heterocycles.